The van der Waals surface area contributed by atoms with Gasteiger partial charge in [0.1, 0.15) is 6.61 Å². The fraction of sp³-hybridized carbons (Fsp3) is 0.857. The van der Waals surface area contributed by atoms with Crippen LogP contribution in [0.1, 0.15) is 142 Å². The van der Waals surface area contributed by atoms with Crippen LogP contribution in [0, 0.1) is 0 Å². The van der Waals surface area contributed by atoms with E-state index in [4.69, 9.17) is 14.2 Å². The summed E-state index contributed by atoms with van der Waals surface area (Å²) in [5.41, 5.74) is 0. The van der Waals surface area contributed by atoms with Crippen molar-refractivity contribution in [2.75, 3.05) is 41.0 Å². The Hall–Kier alpha value is -1.93. The molecule has 0 heterocycles. The number of rotatable bonds is 30. The maximum Gasteiger partial charge on any atom is 0.362 e. The number of allylic oxidation sites excluding steroid dienone is 2. The molecule has 0 aliphatic heterocycles. The monoisotopic (exact) mass is 612 g/mol. The minimum atomic E-state index is -0.880. The van der Waals surface area contributed by atoms with Gasteiger partial charge in [0.25, 0.3) is 0 Å². The molecule has 0 fully saturated rings. The molecule has 0 bridgehead atoms. The molecule has 2 atom stereocenters. The second-order valence-electron chi connectivity index (χ2n) is 12.8. The third-order valence-corrected chi connectivity index (χ3v) is 7.68. The highest BCUT2D eigenvalue weighted by Crippen LogP contribution is 2.13. The summed E-state index contributed by atoms with van der Waals surface area (Å²) in [6, 6.07) is -0.611. The minimum Gasteiger partial charge on any atom is -0.477 e. The van der Waals surface area contributed by atoms with Gasteiger partial charge in [-0.2, -0.15) is 0 Å². The van der Waals surface area contributed by atoms with Crippen molar-refractivity contribution in [2.24, 2.45) is 0 Å². The molecule has 252 valence electrons. The van der Waals surface area contributed by atoms with Gasteiger partial charge in [-0.1, -0.05) is 109 Å². The van der Waals surface area contributed by atoms with Crippen LogP contribution in [0.3, 0.4) is 0 Å². The van der Waals surface area contributed by atoms with Gasteiger partial charge in [-0.05, 0) is 25.7 Å². The lowest BCUT2D eigenvalue weighted by Crippen LogP contribution is -2.50. The number of aliphatic carboxylic acids is 1. The number of carboxylic acids is 1. The van der Waals surface area contributed by atoms with E-state index in [9.17, 15) is 19.5 Å². The molecular weight excluding hydrogens is 546 g/mol. The van der Waals surface area contributed by atoms with E-state index in [1.165, 1.54) is 77.0 Å². The van der Waals surface area contributed by atoms with E-state index in [0.29, 0.717) is 19.3 Å². The Labute approximate surface area is 263 Å². The smallest absolute Gasteiger partial charge is 0.362 e. The van der Waals surface area contributed by atoms with Crippen LogP contribution in [-0.4, -0.2) is 80.6 Å². The van der Waals surface area contributed by atoms with E-state index >= 15 is 0 Å². The first kappa shape index (κ1) is 41.1. The second-order valence-corrected chi connectivity index (χ2v) is 12.8. The van der Waals surface area contributed by atoms with E-state index in [-0.39, 0.29) is 42.7 Å². The number of quaternary nitrogens is 1. The second kappa shape index (κ2) is 27.6. The number of likely N-dealkylation sites (N-methyl/N-ethyl adjacent to an activating group) is 1. The molecule has 0 aromatic carbocycles. The maximum atomic E-state index is 12.6. The van der Waals surface area contributed by atoms with Gasteiger partial charge >= 0.3 is 17.9 Å². The standard InChI is InChI=1S/C35H65NO7/c1-6-8-10-12-14-16-17-18-20-22-24-26-34(38)43-31(29-41-28-27-32(35(39)40)36(3,4)5)30-42-33(37)25-23-21-19-15-13-11-9-7-2/h19,21,31-32H,6-18,20,22-30H2,1-5H3/p+1/b21-19+. The van der Waals surface area contributed by atoms with Crippen molar-refractivity contribution >= 4 is 17.9 Å². The zero-order valence-corrected chi connectivity index (χ0v) is 28.4. The van der Waals surface area contributed by atoms with Crippen LogP contribution in [0.25, 0.3) is 0 Å². The van der Waals surface area contributed by atoms with Gasteiger partial charge in [0.05, 0.1) is 34.4 Å². The Bertz CT molecular complexity index is 732. The van der Waals surface area contributed by atoms with E-state index in [0.717, 1.165) is 25.7 Å². The Kier molecular flexibility index (Phi) is 26.4. The highest BCUT2D eigenvalue weighted by Gasteiger charge is 2.31. The first-order valence-corrected chi connectivity index (χ1v) is 17.2. The molecule has 0 rings (SSSR count). The predicted octanol–water partition coefficient (Wildman–Crippen LogP) is 8.02. The van der Waals surface area contributed by atoms with Crippen molar-refractivity contribution in [2.45, 2.75) is 154 Å². The molecule has 0 aromatic heterocycles. The summed E-state index contributed by atoms with van der Waals surface area (Å²) in [7, 11) is 5.50. The van der Waals surface area contributed by atoms with E-state index in [1.54, 1.807) is 0 Å². The molecule has 0 saturated carbocycles. The summed E-state index contributed by atoms with van der Waals surface area (Å²) >= 11 is 0. The molecule has 0 radical (unpaired) electrons. The number of ether oxygens (including phenoxy) is 3. The van der Waals surface area contributed by atoms with Crippen LogP contribution >= 0.6 is 0 Å². The zero-order valence-electron chi connectivity index (χ0n) is 28.4. The number of nitrogens with zero attached hydrogens (tertiary/aromatic N) is 1. The summed E-state index contributed by atoms with van der Waals surface area (Å²) < 4.78 is 17.0. The van der Waals surface area contributed by atoms with Crippen molar-refractivity contribution in [1.29, 1.82) is 0 Å². The van der Waals surface area contributed by atoms with E-state index in [1.807, 2.05) is 27.2 Å². The molecule has 0 amide bonds. The molecule has 0 aromatic rings. The van der Waals surface area contributed by atoms with E-state index < -0.39 is 18.1 Å². The number of hydrogen-bond acceptors (Lipinski definition) is 6. The molecule has 8 heteroatoms. The molecule has 43 heavy (non-hydrogen) atoms. The predicted molar refractivity (Wildman–Crippen MR) is 174 cm³/mol. The number of carbonyl (C=O) groups is 3. The lowest BCUT2D eigenvalue weighted by Gasteiger charge is -2.31. The van der Waals surface area contributed by atoms with Crippen LogP contribution in [0.2, 0.25) is 0 Å². The first-order valence-electron chi connectivity index (χ1n) is 17.2. The Morgan fingerprint density at radius 3 is 1.77 bits per heavy atom. The average molecular weight is 613 g/mol. The molecule has 2 unspecified atom stereocenters. The van der Waals surface area contributed by atoms with Crippen molar-refractivity contribution < 1.29 is 38.2 Å². The number of carboxylic acid groups (broad SMARTS) is 1. The number of hydrogen-bond donors (Lipinski definition) is 1. The summed E-state index contributed by atoms with van der Waals surface area (Å²) in [5, 5.41) is 9.53. The summed E-state index contributed by atoms with van der Waals surface area (Å²) in [6.45, 7) is 4.62. The summed E-state index contributed by atoms with van der Waals surface area (Å²) in [4.78, 5) is 36.5. The van der Waals surface area contributed by atoms with Crippen LogP contribution < -0.4 is 0 Å². The van der Waals surface area contributed by atoms with E-state index in [2.05, 4.69) is 19.9 Å². The highest BCUT2D eigenvalue weighted by atomic mass is 16.6. The maximum absolute atomic E-state index is 12.6. The van der Waals surface area contributed by atoms with Gasteiger partial charge in [0.2, 0.25) is 0 Å². The lowest BCUT2D eigenvalue weighted by molar-refractivity contribution is -0.887. The lowest BCUT2D eigenvalue weighted by atomic mass is 10.1. The highest BCUT2D eigenvalue weighted by molar-refractivity contribution is 5.72. The van der Waals surface area contributed by atoms with Crippen LogP contribution in [0.5, 0.6) is 0 Å². The fourth-order valence-corrected chi connectivity index (χ4v) is 4.93. The van der Waals surface area contributed by atoms with Gasteiger partial charge < -0.3 is 23.8 Å². The Morgan fingerprint density at radius 1 is 0.674 bits per heavy atom. The van der Waals surface area contributed by atoms with Gasteiger partial charge in [-0.25, -0.2) is 4.79 Å². The summed E-state index contributed by atoms with van der Waals surface area (Å²) in [6.07, 6.45) is 24.1. The van der Waals surface area contributed by atoms with Crippen molar-refractivity contribution in [3.05, 3.63) is 12.2 Å². The Balaban J connectivity index is 4.51. The number of unbranched alkanes of at least 4 members (excludes halogenated alkanes) is 14. The molecule has 8 nitrogen and oxygen atoms in total. The molecular formula is C35H66NO7+. The van der Waals surface area contributed by atoms with Gasteiger partial charge in [0.15, 0.2) is 12.1 Å². The molecule has 0 spiro atoms. The van der Waals surface area contributed by atoms with Crippen LogP contribution in [0.4, 0.5) is 0 Å². The minimum absolute atomic E-state index is 0.0540. The molecule has 0 aliphatic carbocycles. The van der Waals surface area contributed by atoms with Gasteiger partial charge in [0, 0.05) is 19.3 Å². The third kappa shape index (κ3) is 26.2. The third-order valence-electron chi connectivity index (χ3n) is 7.68. The van der Waals surface area contributed by atoms with Crippen LogP contribution in [-0.2, 0) is 28.6 Å². The van der Waals surface area contributed by atoms with Crippen molar-refractivity contribution in [3.8, 4) is 0 Å². The number of carbonyl (C=O) groups excluding carboxylic acids is 2. The largest absolute Gasteiger partial charge is 0.477 e. The average Bonchev–Trinajstić information content (AvgIpc) is 2.94. The molecule has 0 saturated heterocycles. The molecule has 0 aliphatic rings. The van der Waals surface area contributed by atoms with Gasteiger partial charge in [-0.3, -0.25) is 9.59 Å². The SMILES string of the molecule is CCCCCC/C=C/CCC(=O)OCC(COCCC(C(=O)O)[N+](C)(C)C)OC(=O)CCCCCCCCCCCCC. The summed E-state index contributed by atoms with van der Waals surface area (Å²) in [5.74, 6) is -1.53. The Morgan fingerprint density at radius 2 is 1.21 bits per heavy atom. The zero-order chi connectivity index (χ0) is 32.2. The number of esters is 2. The van der Waals surface area contributed by atoms with Gasteiger partial charge in [-0.15, -0.1) is 0 Å². The quantitative estimate of drug-likeness (QED) is 0.0380. The molecule has 1 N–H and O–H groups in total. The van der Waals surface area contributed by atoms with Crippen LogP contribution in [0.15, 0.2) is 12.2 Å². The topological polar surface area (TPSA) is 99.1 Å². The first-order chi connectivity index (χ1) is 20.6. The van der Waals surface area contributed by atoms with Crippen molar-refractivity contribution in [1.82, 2.24) is 0 Å². The fourth-order valence-electron chi connectivity index (χ4n) is 4.93. The van der Waals surface area contributed by atoms with Crippen molar-refractivity contribution in [3.63, 3.8) is 0 Å². The normalized spacial score (nSPS) is 13.2.